The molecule has 0 radical (unpaired) electrons. The monoisotopic (exact) mass is 263 g/mol. The summed E-state index contributed by atoms with van der Waals surface area (Å²) in [5.41, 5.74) is 1.01. The molecule has 0 aliphatic rings. The SMILES string of the molecule is CC(=O)N(CCC(=O)NCc1ccncc1)C(C)C. The standard InChI is InChI=1S/C14H21N3O2/c1-11(2)17(12(3)18)9-6-14(19)16-10-13-4-7-15-8-5-13/h4-5,7-8,11H,6,9-10H2,1-3H3,(H,16,19). The lowest BCUT2D eigenvalue weighted by atomic mass is 10.2. The molecule has 104 valence electrons. The summed E-state index contributed by atoms with van der Waals surface area (Å²) in [4.78, 5) is 28.7. The van der Waals surface area contributed by atoms with Crippen LogP contribution in [0, 0.1) is 0 Å². The highest BCUT2D eigenvalue weighted by Gasteiger charge is 2.13. The molecule has 0 aromatic carbocycles. The average Bonchev–Trinajstić information content (AvgIpc) is 2.37. The first kappa shape index (κ1) is 15.1. The number of carbonyl (C=O) groups is 2. The summed E-state index contributed by atoms with van der Waals surface area (Å²) in [5, 5.41) is 2.83. The number of amides is 2. The molecule has 0 aliphatic heterocycles. The molecular weight excluding hydrogens is 242 g/mol. The summed E-state index contributed by atoms with van der Waals surface area (Å²) in [5.74, 6) is -0.0550. The fourth-order valence-corrected chi connectivity index (χ4v) is 1.79. The Kier molecular flexibility index (Phi) is 5.99. The van der Waals surface area contributed by atoms with Gasteiger partial charge in [-0.2, -0.15) is 0 Å². The van der Waals surface area contributed by atoms with Crippen LogP contribution in [-0.2, 0) is 16.1 Å². The third-order valence-corrected chi connectivity index (χ3v) is 2.85. The van der Waals surface area contributed by atoms with Crippen LogP contribution in [0.25, 0.3) is 0 Å². The maximum atomic E-state index is 11.7. The number of pyridine rings is 1. The number of hydrogen-bond acceptors (Lipinski definition) is 3. The third-order valence-electron chi connectivity index (χ3n) is 2.85. The number of rotatable bonds is 6. The molecule has 0 atom stereocenters. The van der Waals surface area contributed by atoms with Crippen LogP contribution < -0.4 is 5.32 Å². The zero-order valence-electron chi connectivity index (χ0n) is 11.7. The average molecular weight is 263 g/mol. The number of carbonyl (C=O) groups excluding carboxylic acids is 2. The molecule has 0 bridgehead atoms. The smallest absolute Gasteiger partial charge is 0.222 e. The normalized spacial score (nSPS) is 10.3. The van der Waals surface area contributed by atoms with Gasteiger partial charge in [-0.1, -0.05) is 0 Å². The van der Waals surface area contributed by atoms with Gasteiger partial charge in [0.2, 0.25) is 11.8 Å². The molecule has 0 spiro atoms. The molecule has 0 unspecified atom stereocenters. The maximum absolute atomic E-state index is 11.7. The van der Waals surface area contributed by atoms with Crippen molar-refractivity contribution < 1.29 is 9.59 Å². The van der Waals surface area contributed by atoms with Crippen LogP contribution in [0.4, 0.5) is 0 Å². The van der Waals surface area contributed by atoms with E-state index in [0.717, 1.165) is 5.56 Å². The van der Waals surface area contributed by atoms with Gasteiger partial charge >= 0.3 is 0 Å². The van der Waals surface area contributed by atoms with Crippen molar-refractivity contribution in [3.05, 3.63) is 30.1 Å². The van der Waals surface area contributed by atoms with Crippen molar-refractivity contribution in [1.29, 1.82) is 0 Å². The number of nitrogens with one attached hydrogen (secondary N) is 1. The third kappa shape index (κ3) is 5.50. The van der Waals surface area contributed by atoms with E-state index in [9.17, 15) is 9.59 Å². The first-order valence-corrected chi connectivity index (χ1v) is 6.43. The molecule has 1 aromatic heterocycles. The van der Waals surface area contributed by atoms with Crippen molar-refractivity contribution in [2.45, 2.75) is 39.8 Å². The summed E-state index contributed by atoms with van der Waals surface area (Å²) >= 11 is 0. The molecule has 19 heavy (non-hydrogen) atoms. The van der Waals surface area contributed by atoms with Crippen molar-refractivity contribution in [1.82, 2.24) is 15.2 Å². The minimum atomic E-state index is -0.0521. The summed E-state index contributed by atoms with van der Waals surface area (Å²) in [6.07, 6.45) is 3.71. The van der Waals surface area contributed by atoms with Gasteiger partial charge in [-0.05, 0) is 31.5 Å². The van der Waals surface area contributed by atoms with Crippen LogP contribution in [-0.4, -0.2) is 34.3 Å². The van der Waals surface area contributed by atoms with Crippen molar-refractivity contribution >= 4 is 11.8 Å². The fraction of sp³-hybridized carbons (Fsp3) is 0.500. The predicted molar refractivity (Wildman–Crippen MR) is 73.2 cm³/mol. The molecule has 2 amide bonds. The van der Waals surface area contributed by atoms with Crippen molar-refractivity contribution in [2.24, 2.45) is 0 Å². The highest BCUT2D eigenvalue weighted by molar-refractivity contribution is 5.78. The van der Waals surface area contributed by atoms with E-state index in [0.29, 0.717) is 19.5 Å². The lowest BCUT2D eigenvalue weighted by molar-refractivity contribution is -0.131. The molecule has 0 saturated heterocycles. The topological polar surface area (TPSA) is 62.3 Å². The van der Waals surface area contributed by atoms with Crippen LogP contribution in [0.3, 0.4) is 0 Å². The minimum Gasteiger partial charge on any atom is -0.352 e. The van der Waals surface area contributed by atoms with Crippen molar-refractivity contribution in [3.63, 3.8) is 0 Å². The lowest BCUT2D eigenvalue weighted by Crippen LogP contribution is -2.38. The van der Waals surface area contributed by atoms with Crippen LogP contribution in [0.5, 0.6) is 0 Å². The Morgan fingerprint density at radius 3 is 2.47 bits per heavy atom. The van der Waals surface area contributed by atoms with E-state index in [1.807, 2.05) is 26.0 Å². The van der Waals surface area contributed by atoms with Gasteiger partial charge in [0.05, 0.1) is 0 Å². The van der Waals surface area contributed by atoms with Gasteiger partial charge in [0.1, 0.15) is 0 Å². The van der Waals surface area contributed by atoms with Gasteiger partial charge in [-0.15, -0.1) is 0 Å². The van der Waals surface area contributed by atoms with Crippen LogP contribution in [0.1, 0.15) is 32.8 Å². The Morgan fingerprint density at radius 2 is 1.95 bits per heavy atom. The van der Waals surface area contributed by atoms with Crippen molar-refractivity contribution in [3.8, 4) is 0 Å². The van der Waals surface area contributed by atoms with E-state index < -0.39 is 0 Å². The molecule has 0 aliphatic carbocycles. The van der Waals surface area contributed by atoms with Crippen LogP contribution in [0.2, 0.25) is 0 Å². The Bertz CT molecular complexity index is 418. The first-order chi connectivity index (χ1) is 9.00. The molecular formula is C14H21N3O2. The molecule has 0 fully saturated rings. The van der Waals surface area contributed by atoms with Gasteiger partial charge in [0, 0.05) is 44.9 Å². The molecule has 5 nitrogen and oxygen atoms in total. The number of aromatic nitrogens is 1. The van der Waals surface area contributed by atoms with E-state index in [4.69, 9.17) is 0 Å². The highest BCUT2D eigenvalue weighted by atomic mass is 16.2. The largest absolute Gasteiger partial charge is 0.352 e. The highest BCUT2D eigenvalue weighted by Crippen LogP contribution is 2.01. The molecule has 5 heteroatoms. The van der Waals surface area contributed by atoms with Gasteiger partial charge in [-0.25, -0.2) is 0 Å². The van der Waals surface area contributed by atoms with E-state index in [-0.39, 0.29) is 17.9 Å². The Labute approximate surface area is 114 Å². The van der Waals surface area contributed by atoms with Gasteiger partial charge in [0.25, 0.3) is 0 Å². The lowest BCUT2D eigenvalue weighted by Gasteiger charge is -2.24. The summed E-state index contributed by atoms with van der Waals surface area (Å²) in [7, 11) is 0. The quantitative estimate of drug-likeness (QED) is 0.842. The second-order valence-electron chi connectivity index (χ2n) is 4.69. The second-order valence-corrected chi connectivity index (χ2v) is 4.69. The van der Waals surface area contributed by atoms with Crippen molar-refractivity contribution in [2.75, 3.05) is 6.54 Å². The van der Waals surface area contributed by atoms with E-state index >= 15 is 0 Å². The van der Waals surface area contributed by atoms with E-state index in [2.05, 4.69) is 10.3 Å². The second kappa shape index (κ2) is 7.51. The summed E-state index contributed by atoms with van der Waals surface area (Å²) in [6.45, 7) is 6.35. The molecule has 1 aromatic rings. The van der Waals surface area contributed by atoms with Gasteiger partial charge in [0.15, 0.2) is 0 Å². The zero-order chi connectivity index (χ0) is 14.3. The zero-order valence-corrected chi connectivity index (χ0v) is 11.7. The summed E-state index contributed by atoms with van der Waals surface area (Å²) < 4.78 is 0. The first-order valence-electron chi connectivity index (χ1n) is 6.43. The van der Waals surface area contributed by atoms with E-state index in [1.54, 1.807) is 17.3 Å². The predicted octanol–water partition coefficient (Wildman–Crippen LogP) is 1.34. The maximum Gasteiger partial charge on any atom is 0.222 e. The number of hydrogen-bond donors (Lipinski definition) is 1. The van der Waals surface area contributed by atoms with Crippen LogP contribution >= 0.6 is 0 Å². The summed E-state index contributed by atoms with van der Waals surface area (Å²) in [6, 6.07) is 3.83. The van der Waals surface area contributed by atoms with Gasteiger partial charge in [-0.3, -0.25) is 14.6 Å². The van der Waals surface area contributed by atoms with E-state index in [1.165, 1.54) is 6.92 Å². The fourth-order valence-electron chi connectivity index (χ4n) is 1.79. The van der Waals surface area contributed by atoms with Crippen LogP contribution in [0.15, 0.2) is 24.5 Å². The Balaban J connectivity index is 2.33. The Hall–Kier alpha value is -1.91. The Morgan fingerprint density at radius 1 is 1.32 bits per heavy atom. The molecule has 1 heterocycles. The molecule has 1 rings (SSSR count). The molecule has 1 N–H and O–H groups in total. The molecule has 0 saturated carbocycles. The van der Waals surface area contributed by atoms with Gasteiger partial charge < -0.3 is 10.2 Å². The minimum absolute atomic E-state index is 0.00284. The number of nitrogens with zero attached hydrogens (tertiary/aromatic N) is 2.